The van der Waals surface area contributed by atoms with Gasteiger partial charge in [0.2, 0.25) is 0 Å². The fourth-order valence-electron chi connectivity index (χ4n) is 1.81. The largest absolute Gasteiger partial charge is 0.337 e. The van der Waals surface area contributed by atoms with Crippen LogP contribution in [0.3, 0.4) is 0 Å². The Balaban J connectivity index is 2.30. The molecule has 5 nitrogen and oxygen atoms in total. The summed E-state index contributed by atoms with van der Waals surface area (Å²) in [5, 5.41) is 0. The molecule has 0 fully saturated rings. The summed E-state index contributed by atoms with van der Waals surface area (Å²) in [6.45, 7) is 2.22. The minimum Gasteiger partial charge on any atom is -0.278 e. The van der Waals surface area contributed by atoms with Crippen molar-refractivity contribution in [2.75, 3.05) is 16.3 Å². The van der Waals surface area contributed by atoms with Crippen LogP contribution in [-0.2, 0) is 4.79 Å². The highest BCUT2D eigenvalue weighted by atomic mass is 16.2. The number of amides is 3. The lowest BCUT2D eigenvalue weighted by molar-refractivity contribution is 0.254. The summed E-state index contributed by atoms with van der Waals surface area (Å²) in [5.74, 6) is 0.496. The number of carbonyl (C=O) groups excluding carboxylic acids is 2. The van der Waals surface area contributed by atoms with E-state index in [0.29, 0.717) is 18.1 Å². The van der Waals surface area contributed by atoms with Crippen molar-refractivity contribution in [1.29, 1.82) is 0 Å². The predicted octanol–water partition coefficient (Wildman–Crippen LogP) is 2.60. The number of hydrogen-bond donors (Lipinski definition) is 0. The number of hydrogen-bond acceptors (Lipinski definition) is 3. The van der Waals surface area contributed by atoms with Crippen molar-refractivity contribution in [3.63, 3.8) is 0 Å². The van der Waals surface area contributed by atoms with E-state index in [1.165, 1.54) is 4.90 Å². The first-order valence-corrected chi connectivity index (χ1v) is 6.23. The lowest BCUT2D eigenvalue weighted by Crippen LogP contribution is -2.43. The molecule has 2 aromatic rings. The smallest absolute Gasteiger partial charge is 0.278 e. The number of pyridine rings is 1. The molecule has 3 amide bonds. The molecule has 1 aromatic heterocycles. The Hall–Kier alpha value is -2.69. The quantitative estimate of drug-likeness (QED) is 0.801. The number of para-hydroxylation sites is 1. The van der Waals surface area contributed by atoms with Crippen molar-refractivity contribution in [1.82, 2.24) is 4.98 Å². The number of aromatic nitrogens is 1. The van der Waals surface area contributed by atoms with E-state index in [0.717, 1.165) is 4.90 Å². The molecule has 0 saturated carbocycles. The molecule has 1 heterocycles. The Labute approximate surface area is 117 Å². The van der Waals surface area contributed by atoms with E-state index in [2.05, 4.69) is 4.98 Å². The van der Waals surface area contributed by atoms with E-state index in [4.69, 9.17) is 0 Å². The zero-order valence-electron chi connectivity index (χ0n) is 11.1. The maximum Gasteiger partial charge on any atom is 0.337 e. The van der Waals surface area contributed by atoms with Crippen LogP contribution in [0, 0.1) is 0 Å². The van der Waals surface area contributed by atoms with E-state index in [1.807, 2.05) is 13.0 Å². The van der Waals surface area contributed by atoms with Crippen LogP contribution in [0.25, 0.3) is 0 Å². The van der Waals surface area contributed by atoms with Crippen LogP contribution in [0.1, 0.15) is 6.92 Å². The molecule has 20 heavy (non-hydrogen) atoms. The molecule has 0 aliphatic heterocycles. The Bertz CT molecular complexity index is 572. The van der Waals surface area contributed by atoms with Crippen LogP contribution >= 0.6 is 0 Å². The van der Waals surface area contributed by atoms with Crippen LogP contribution in [0.15, 0.2) is 54.7 Å². The third-order valence-electron chi connectivity index (χ3n) is 2.77. The predicted molar refractivity (Wildman–Crippen MR) is 77.3 cm³/mol. The van der Waals surface area contributed by atoms with Crippen molar-refractivity contribution in [2.45, 2.75) is 6.92 Å². The SMILES string of the molecule is CCN(C(=O)N([C]=O)c1ccccc1)c1ccccn1. The number of urea groups is 1. The van der Waals surface area contributed by atoms with Gasteiger partial charge in [-0.2, -0.15) is 0 Å². The van der Waals surface area contributed by atoms with Crippen molar-refractivity contribution in [3.8, 4) is 0 Å². The minimum absolute atomic E-state index is 0.404. The summed E-state index contributed by atoms with van der Waals surface area (Å²) < 4.78 is 0. The summed E-state index contributed by atoms with van der Waals surface area (Å²) in [7, 11) is 0. The molecule has 0 bridgehead atoms. The Kier molecular flexibility index (Phi) is 4.44. The molecule has 0 aliphatic rings. The molecule has 0 saturated heterocycles. The summed E-state index contributed by atoms with van der Waals surface area (Å²) in [4.78, 5) is 30.1. The molecule has 1 aromatic carbocycles. The normalized spacial score (nSPS) is 9.85. The van der Waals surface area contributed by atoms with Gasteiger partial charge >= 0.3 is 12.4 Å². The molecule has 5 heteroatoms. The van der Waals surface area contributed by atoms with Gasteiger partial charge in [0, 0.05) is 12.7 Å². The molecule has 0 unspecified atom stereocenters. The molecule has 0 spiro atoms. The van der Waals surface area contributed by atoms with Gasteiger partial charge in [-0.05, 0) is 31.2 Å². The zero-order chi connectivity index (χ0) is 14.4. The minimum atomic E-state index is -0.479. The number of carbonyl (C=O) groups is 1. The van der Waals surface area contributed by atoms with E-state index < -0.39 is 6.03 Å². The third-order valence-corrected chi connectivity index (χ3v) is 2.77. The van der Waals surface area contributed by atoms with Gasteiger partial charge in [-0.1, -0.05) is 24.3 Å². The maximum absolute atomic E-state index is 12.5. The van der Waals surface area contributed by atoms with Crippen molar-refractivity contribution in [2.24, 2.45) is 0 Å². The summed E-state index contributed by atoms with van der Waals surface area (Å²) in [6.07, 6.45) is 3.27. The summed E-state index contributed by atoms with van der Waals surface area (Å²) in [6, 6.07) is 13.5. The fourth-order valence-corrected chi connectivity index (χ4v) is 1.81. The second-order valence-corrected chi connectivity index (χ2v) is 3.98. The molecule has 1 radical (unpaired) electrons. The highest BCUT2D eigenvalue weighted by molar-refractivity contribution is 6.13. The van der Waals surface area contributed by atoms with E-state index in [-0.39, 0.29) is 0 Å². The second-order valence-electron chi connectivity index (χ2n) is 3.98. The summed E-state index contributed by atoms with van der Waals surface area (Å²) in [5.41, 5.74) is 0.474. The van der Waals surface area contributed by atoms with Crippen molar-refractivity contribution >= 4 is 23.9 Å². The Morgan fingerprint density at radius 1 is 1.15 bits per heavy atom. The molecule has 101 valence electrons. The van der Waals surface area contributed by atoms with E-state index in [9.17, 15) is 9.59 Å². The monoisotopic (exact) mass is 268 g/mol. The Morgan fingerprint density at radius 3 is 2.40 bits per heavy atom. The van der Waals surface area contributed by atoms with Gasteiger partial charge in [0.1, 0.15) is 5.82 Å². The lowest BCUT2D eigenvalue weighted by Gasteiger charge is -2.24. The average molecular weight is 268 g/mol. The van der Waals surface area contributed by atoms with Gasteiger partial charge in [0.05, 0.1) is 5.69 Å². The van der Waals surface area contributed by atoms with Crippen LogP contribution < -0.4 is 9.80 Å². The molecule has 0 aliphatic carbocycles. The molecule has 0 atom stereocenters. The number of imide groups is 1. The lowest BCUT2D eigenvalue weighted by atomic mass is 10.3. The van der Waals surface area contributed by atoms with E-state index in [1.54, 1.807) is 55.1 Å². The first-order chi connectivity index (χ1) is 9.77. The molecular weight excluding hydrogens is 254 g/mol. The molecular formula is C15H14N3O2. The fraction of sp³-hybridized carbons (Fsp3) is 0.133. The first-order valence-electron chi connectivity index (χ1n) is 6.23. The van der Waals surface area contributed by atoms with Crippen molar-refractivity contribution in [3.05, 3.63) is 54.7 Å². The van der Waals surface area contributed by atoms with Crippen LogP contribution in [0.5, 0.6) is 0 Å². The highest BCUT2D eigenvalue weighted by Crippen LogP contribution is 2.17. The number of anilines is 2. The van der Waals surface area contributed by atoms with Crippen LogP contribution in [0.2, 0.25) is 0 Å². The third kappa shape index (κ3) is 2.83. The van der Waals surface area contributed by atoms with Gasteiger partial charge in [0.25, 0.3) is 0 Å². The van der Waals surface area contributed by atoms with Gasteiger partial charge in [0.15, 0.2) is 0 Å². The number of rotatable bonds is 4. The van der Waals surface area contributed by atoms with Crippen molar-refractivity contribution < 1.29 is 9.59 Å². The average Bonchev–Trinajstić information content (AvgIpc) is 2.51. The zero-order valence-corrected chi connectivity index (χ0v) is 11.1. The standard InChI is InChI=1S/C15H14N3O2/c1-2-17(14-10-6-7-11-16-14)15(20)18(12-19)13-8-4-3-5-9-13/h3-11H,2H2,1H3. The van der Waals surface area contributed by atoms with Crippen LogP contribution in [-0.4, -0.2) is 24.0 Å². The van der Waals surface area contributed by atoms with Crippen LogP contribution in [0.4, 0.5) is 16.3 Å². The number of nitrogens with zero attached hydrogens (tertiary/aromatic N) is 3. The highest BCUT2D eigenvalue weighted by Gasteiger charge is 2.23. The first kappa shape index (κ1) is 13.7. The van der Waals surface area contributed by atoms with Gasteiger partial charge < -0.3 is 0 Å². The number of benzene rings is 1. The van der Waals surface area contributed by atoms with Gasteiger partial charge in [-0.3, -0.25) is 9.69 Å². The maximum atomic E-state index is 12.5. The molecule has 0 N–H and O–H groups in total. The molecule has 2 rings (SSSR count). The Morgan fingerprint density at radius 2 is 1.85 bits per heavy atom. The summed E-state index contributed by atoms with van der Waals surface area (Å²) >= 11 is 0. The van der Waals surface area contributed by atoms with E-state index >= 15 is 0 Å². The van der Waals surface area contributed by atoms with Gasteiger partial charge in [-0.15, -0.1) is 0 Å². The second kappa shape index (κ2) is 6.47. The topological polar surface area (TPSA) is 53.5 Å². The van der Waals surface area contributed by atoms with Gasteiger partial charge in [-0.25, -0.2) is 14.7 Å².